The fourth-order valence-electron chi connectivity index (χ4n) is 9.28. The van der Waals surface area contributed by atoms with Crippen LogP contribution in [0.5, 0.6) is 0 Å². The first-order valence-corrected chi connectivity index (χ1v) is 19.9. The molecule has 4 amide bonds. The van der Waals surface area contributed by atoms with E-state index in [0.717, 1.165) is 77.0 Å². The van der Waals surface area contributed by atoms with Crippen molar-refractivity contribution < 1.29 is 19.2 Å². The van der Waals surface area contributed by atoms with Gasteiger partial charge in [-0.15, -0.1) is 0 Å². The van der Waals surface area contributed by atoms with Gasteiger partial charge in [-0.2, -0.15) is 0 Å². The van der Waals surface area contributed by atoms with Crippen LogP contribution in [0.2, 0.25) is 0 Å². The second-order valence-corrected chi connectivity index (χ2v) is 17.8. The molecule has 0 saturated heterocycles. The quantitative estimate of drug-likeness (QED) is 0.194. The van der Waals surface area contributed by atoms with Crippen LogP contribution in [0.4, 0.5) is 0 Å². The third-order valence-corrected chi connectivity index (χ3v) is 13.1. The van der Waals surface area contributed by atoms with Gasteiger partial charge < -0.3 is 21.3 Å². The number of carbonyl (C=O) groups excluding carboxylic acids is 4. The number of hydrogen-bond acceptors (Lipinski definition) is 4. The predicted molar refractivity (Wildman–Crippen MR) is 193 cm³/mol. The molecule has 0 aromatic rings. The average molecular weight is 671 g/mol. The molecule has 8 nitrogen and oxygen atoms in total. The summed E-state index contributed by atoms with van der Waals surface area (Å²) in [5.74, 6) is 0.646. The lowest BCUT2D eigenvalue weighted by Gasteiger charge is -2.37. The highest BCUT2D eigenvalue weighted by Crippen LogP contribution is 2.34. The number of rotatable bonds is 11. The van der Waals surface area contributed by atoms with Crippen molar-refractivity contribution in [1.29, 1.82) is 0 Å². The lowest BCUT2D eigenvalue weighted by Crippen LogP contribution is -2.53. The average Bonchev–Trinajstić information content (AvgIpc) is 3.02. The van der Waals surface area contributed by atoms with Gasteiger partial charge in [0.2, 0.25) is 23.6 Å². The summed E-state index contributed by atoms with van der Waals surface area (Å²) in [5, 5.41) is 13.2. The minimum Gasteiger partial charge on any atom is -0.353 e. The second kappa shape index (κ2) is 17.7. The summed E-state index contributed by atoms with van der Waals surface area (Å²) in [5.41, 5.74) is 0. The number of hydrogen-bond donors (Lipinski definition) is 4. The van der Waals surface area contributed by atoms with Gasteiger partial charge in [0.05, 0.1) is 11.8 Å². The Kier molecular flexibility index (Phi) is 14.3. The summed E-state index contributed by atoms with van der Waals surface area (Å²) in [6, 6.07) is 0.0953. The first-order chi connectivity index (χ1) is 22.7. The Balaban J connectivity index is 1.60. The van der Waals surface area contributed by atoms with Gasteiger partial charge in [0, 0.05) is 37.0 Å². The molecule has 0 aromatic heterocycles. The lowest BCUT2D eigenvalue weighted by molar-refractivity contribution is -0.141. The van der Waals surface area contributed by atoms with Crippen molar-refractivity contribution in [3.63, 3.8) is 0 Å². The Bertz CT molecular complexity index is 1010. The lowest BCUT2D eigenvalue weighted by atomic mass is 9.77. The second-order valence-electron chi connectivity index (χ2n) is 17.8. The third-order valence-electron chi connectivity index (χ3n) is 13.1. The van der Waals surface area contributed by atoms with Crippen molar-refractivity contribution in [2.45, 2.75) is 169 Å². The van der Waals surface area contributed by atoms with Gasteiger partial charge in [0.1, 0.15) is 0 Å². The van der Waals surface area contributed by atoms with E-state index in [1.807, 2.05) is 0 Å². The molecule has 0 heterocycles. The summed E-state index contributed by atoms with van der Waals surface area (Å²) in [6.07, 6.45) is 12.2. The molecule has 14 unspecified atom stereocenters. The maximum Gasteiger partial charge on any atom is 0.224 e. The van der Waals surface area contributed by atoms with Gasteiger partial charge >= 0.3 is 0 Å². The summed E-state index contributed by atoms with van der Waals surface area (Å²) in [6.45, 7) is 17.6. The molecule has 4 aliphatic rings. The molecule has 4 aliphatic carbocycles. The number of nitrogens with one attached hydrogen (secondary N) is 4. The molecule has 0 aromatic carbocycles. The SMILES string of the molecule is CC1CCC(C)C(NC(=O)CC(C(=O)NC2CC(C)CCC2C)C(CC(=O)NC2CC(C)CCC2C)C(=O)NC2CC(C)CCC2C)C1. The Morgan fingerprint density at radius 1 is 0.417 bits per heavy atom. The molecule has 4 saturated carbocycles. The van der Waals surface area contributed by atoms with Crippen LogP contribution in [0.25, 0.3) is 0 Å². The van der Waals surface area contributed by atoms with Crippen molar-refractivity contribution >= 4 is 23.6 Å². The van der Waals surface area contributed by atoms with Crippen molar-refractivity contribution in [1.82, 2.24) is 21.3 Å². The summed E-state index contributed by atoms with van der Waals surface area (Å²) < 4.78 is 0. The van der Waals surface area contributed by atoms with Crippen molar-refractivity contribution in [2.75, 3.05) is 0 Å². The van der Waals surface area contributed by atoms with Crippen molar-refractivity contribution in [3.05, 3.63) is 0 Å². The summed E-state index contributed by atoms with van der Waals surface area (Å²) in [7, 11) is 0. The van der Waals surface area contributed by atoms with E-state index < -0.39 is 11.8 Å². The standard InChI is InChI=1S/C40H70N4O4/c1-23-9-13-27(5)33(17-23)41-37(45)21-31(39(47)43-35-19-25(3)11-15-29(35)7)32(40(48)44-36-20-26(4)12-16-30(36)8)22-38(46)42-34-18-24(2)10-14-28(34)6/h23-36H,9-22H2,1-8H3,(H,41,45)(H,42,46)(H,43,47)(H,44,48). The van der Waals surface area contributed by atoms with Gasteiger partial charge in [-0.1, -0.05) is 81.1 Å². The highest BCUT2D eigenvalue weighted by molar-refractivity contribution is 5.94. The highest BCUT2D eigenvalue weighted by atomic mass is 16.2. The molecule has 0 bridgehead atoms. The van der Waals surface area contributed by atoms with E-state index in [1.54, 1.807) is 0 Å². The van der Waals surface area contributed by atoms with Gasteiger partial charge in [-0.3, -0.25) is 19.2 Å². The maximum absolute atomic E-state index is 14.4. The van der Waals surface area contributed by atoms with E-state index in [9.17, 15) is 19.2 Å². The van der Waals surface area contributed by atoms with Crippen LogP contribution in [-0.4, -0.2) is 47.8 Å². The normalized spacial score (nSPS) is 38.6. The van der Waals surface area contributed by atoms with E-state index in [-0.39, 0.29) is 60.6 Å². The zero-order valence-corrected chi connectivity index (χ0v) is 31.6. The number of amides is 4. The van der Waals surface area contributed by atoms with Gasteiger partial charge in [-0.05, 0) is 98.7 Å². The van der Waals surface area contributed by atoms with Crippen molar-refractivity contribution in [2.24, 2.45) is 59.2 Å². The topological polar surface area (TPSA) is 116 Å². The third kappa shape index (κ3) is 10.9. The molecule has 4 rings (SSSR count). The molecule has 4 fully saturated rings. The van der Waals surface area contributed by atoms with Crippen LogP contribution in [0, 0.1) is 59.2 Å². The minimum absolute atomic E-state index is 0.00708. The Morgan fingerprint density at radius 2 is 0.667 bits per heavy atom. The van der Waals surface area contributed by atoms with Crippen LogP contribution in [-0.2, 0) is 19.2 Å². The zero-order chi connectivity index (χ0) is 35.1. The van der Waals surface area contributed by atoms with Crippen LogP contribution < -0.4 is 21.3 Å². The molecule has 0 radical (unpaired) electrons. The minimum atomic E-state index is -0.935. The first-order valence-electron chi connectivity index (χ1n) is 19.9. The molecule has 48 heavy (non-hydrogen) atoms. The van der Waals surface area contributed by atoms with E-state index in [2.05, 4.69) is 76.7 Å². The zero-order valence-electron chi connectivity index (χ0n) is 31.6. The fourth-order valence-corrected chi connectivity index (χ4v) is 9.28. The first kappa shape index (κ1) is 38.7. The fraction of sp³-hybridized carbons (Fsp3) is 0.900. The molecule has 0 spiro atoms. The molecular weight excluding hydrogens is 600 g/mol. The smallest absolute Gasteiger partial charge is 0.224 e. The molecule has 8 heteroatoms. The van der Waals surface area contributed by atoms with Crippen LogP contribution in [0.15, 0.2) is 0 Å². The largest absolute Gasteiger partial charge is 0.353 e. The van der Waals surface area contributed by atoms with Crippen LogP contribution >= 0.6 is 0 Å². The molecule has 274 valence electrons. The van der Waals surface area contributed by atoms with Gasteiger partial charge in [-0.25, -0.2) is 0 Å². The Morgan fingerprint density at radius 3 is 0.938 bits per heavy atom. The molecule has 4 N–H and O–H groups in total. The highest BCUT2D eigenvalue weighted by Gasteiger charge is 2.41. The van der Waals surface area contributed by atoms with E-state index >= 15 is 0 Å². The van der Waals surface area contributed by atoms with E-state index in [0.29, 0.717) is 47.3 Å². The molecular formula is C40H70N4O4. The molecule has 0 aliphatic heterocycles. The maximum atomic E-state index is 14.4. The Labute approximate surface area is 292 Å². The van der Waals surface area contributed by atoms with Crippen molar-refractivity contribution in [3.8, 4) is 0 Å². The predicted octanol–water partition coefficient (Wildman–Crippen LogP) is 6.76. The van der Waals surface area contributed by atoms with Gasteiger partial charge in [0.15, 0.2) is 0 Å². The number of carbonyl (C=O) groups is 4. The van der Waals surface area contributed by atoms with E-state index in [4.69, 9.17) is 0 Å². The van der Waals surface area contributed by atoms with Crippen LogP contribution in [0.1, 0.15) is 145 Å². The van der Waals surface area contributed by atoms with Crippen LogP contribution in [0.3, 0.4) is 0 Å². The van der Waals surface area contributed by atoms with E-state index in [1.165, 1.54) is 0 Å². The Hall–Kier alpha value is -2.12. The monoisotopic (exact) mass is 671 g/mol. The van der Waals surface area contributed by atoms with Gasteiger partial charge in [0.25, 0.3) is 0 Å². The summed E-state index contributed by atoms with van der Waals surface area (Å²) in [4.78, 5) is 56.6. The summed E-state index contributed by atoms with van der Waals surface area (Å²) >= 11 is 0. The molecule has 14 atom stereocenters.